The van der Waals surface area contributed by atoms with Crippen molar-refractivity contribution < 1.29 is 4.79 Å². The fourth-order valence-corrected chi connectivity index (χ4v) is 3.20. The van der Waals surface area contributed by atoms with E-state index in [0.29, 0.717) is 34.3 Å². The van der Waals surface area contributed by atoms with E-state index in [1.54, 1.807) is 13.8 Å². The van der Waals surface area contributed by atoms with E-state index < -0.39 is 0 Å². The molecule has 0 bridgehead atoms. The van der Waals surface area contributed by atoms with Crippen molar-refractivity contribution in [1.29, 1.82) is 0 Å². The van der Waals surface area contributed by atoms with Gasteiger partial charge in [0.2, 0.25) is 5.91 Å². The predicted molar refractivity (Wildman–Crippen MR) is 104 cm³/mol. The molecule has 0 aliphatic carbocycles. The maximum Gasteiger partial charge on any atom is 0.277 e. The van der Waals surface area contributed by atoms with Gasteiger partial charge in [0.1, 0.15) is 5.82 Å². The van der Waals surface area contributed by atoms with Crippen LogP contribution in [-0.4, -0.2) is 25.5 Å². The molecule has 142 valence electrons. The van der Waals surface area contributed by atoms with E-state index in [1.807, 2.05) is 31.2 Å². The number of carbonyl (C=O) groups is 1. The van der Waals surface area contributed by atoms with Crippen molar-refractivity contribution in [3.8, 4) is 0 Å². The molecule has 1 aromatic carbocycles. The van der Waals surface area contributed by atoms with Crippen LogP contribution in [0.5, 0.6) is 0 Å². The Kier molecular flexibility index (Phi) is 5.60. The van der Waals surface area contributed by atoms with Gasteiger partial charge in [-0.15, -0.1) is 0 Å². The van der Waals surface area contributed by atoms with Crippen LogP contribution in [0.25, 0.3) is 5.78 Å². The lowest BCUT2D eigenvalue weighted by Crippen LogP contribution is -2.29. The number of halogens is 1. The molecule has 27 heavy (non-hydrogen) atoms. The zero-order valence-electron chi connectivity index (χ0n) is 15.5. The number of hydrogen-bond donors (Lipinski definition) is 2. The lowest BCUT2D eigenvalue weighted by molar-refractivity contribution is -0.121. The van der Waals surface area contributed by atoms with Crippen LogP contribution in [0.2, 0.25) is 5.02 Å². The first-order valence-electron chi connectivity index (χ1n) is 8.88. The Labute approximate surface area is 161 Å². The molecule has 2 heterocycles. The van der Waals surface area contributed by atoms with E-state index in [-0.39, 0.29) is 23.9 Å². The zero-order valence-corrected chi connectivity index (χ0v) is 16.3. The summed E-state index contributed by atoms with van der Waals surface area (Å²) in [7, 11) is 0. The highest BCUT2D eigenvalue weighted by molar-refractivity contribution is 6.30. The van der Waals surface area contributed by atoms with Crippen molar-refractivity contribution in [2.24, 2.45) is 0 Å². The number of fused-ring (bicyclic) bond motifs is 1. The number of H-pyrrole nitrogens is 1. The molecular formula is C19H22ClN5O2. The second-order valence-electron chi connectivity index (χ2n) is 6.51. The SMILES string of the molecule is CC[C@@H](NC(=O)CCc1c(C)nc2nc(C)[nH]n2c1=O)c1ccc(Cl)cc1. The standard InChI is InChI=1S/C19H22ClN5O2/c1-4-16(13-5-7-14(20)8-6-13)23-17(26)10-9-15-11(2)21-19-22-12(3)24-25(19)18(15)27/h5-8,16H,4,9-10H2,1-3H3,(H,23,26)(H,21,22,24)/t16-/m1/s1. The molecule has 2 N–H and O–H groups in total. The third-order valence-corrected chi connectivity index (χ3v) is 4.78. The highest BCUT2D eigenvalue weighted by atomic mass is 35.5. The van der Waals surface area contributed by atoms with Gasteiger partial charge in [0, 0.05) is 17.0 Å². The Morgan fingerprint density at radius 3 is 2.63 bits per heavy atom. The van der Waals surface area contributed by atoms with Crippen molar-refractivity contribution >= 4 is 23.3 Å². The quantitative estimate of drug-likeness (QED) is 0.680. The second-order valence-corrected chi connectivity index (χ2v) is 6.94. The van der Waals surface area contributed by atoms with E-state index in [9.17, 15) is 9.59 Å². The summed E-state index contributed by atoms with van der Waals surface area (Å²) in [5.74, 6) is 0.848. The summed E-state index contributed by atoms with van der Waals surface area (Å²) in [6, 6.07) is 7.34. The molecule has 0 fully saturated rings. The van der Waals surface area contributed by atoms with Crippen LogP contribution in [0, 0.1) is 13.8 Å². The van der Waals surface area contributed by atoms with Gasteiger partial charge in [-0.2, -0.15) is 9.50 Å². The summed E-state index contributed by atoms with van der Waals surface area (Å²) in [5, 5.41) is 6.55. The number of benzene rings is 1. The number of rotatable bonds is 6. The van der Waals surface area contributed by atoms with E-state index in [4.69, 9.17) is 11.6 Å². The number of aryl methyl sites for hydroxylation is 2. The Balaban J connectivity index is 1.71. The smallest absolute Gasteiger partial charge is 0.277 e. The van der Waals surface area contributed by atoms with E-state index in [0.717, 1.165) is 12.0 Å². The van der Waals surface area contributed by atoms with Gasteiger partial charge in [-0.05, 0) is 44.4 Å². The number of amides is 1. The largest absolute Gasteiger partial charge is 0.349 e. The van der Waals surface area contributed by atoms with Gasteiger partial charge in [0.15, 0.2) is 0 Å². The fourth-order valence-electron chi connectivity index (χ4n) is 3.07. The third-order valence-electron chi connectivity index (χ3n) is 4.52. The normalized spacial score (nSPS) is 12.3. The van der Waals surface area contributed by atoms with Crippen LogP contribution in [-0.2, 0) is 11.2 Å². The number of aromatic amines is 1. The summed E-state index contributed by atoms with van der Waals surface area (Å²) in [4.78, 5) is 33.6. The lowest BCUT2D eigenvalue weighted by Gasteiger charge is -2.17. The van der Waals surface area contributed by atoms with Gasteiger partial charge in [0.25, 0.3) is 11.3 Å². The minimum Gasteiger partial charge on any atom is -0.349 e. The zero-order chi connectivity index (χ0) is 19.6. The van der Waals surface area contributed by atoms with Gasteiger partial charge < -0.3 is 5.32 Å². The maximum absolute atomic E-state index is 12.6. The molecule has 0 radical (unpaired) electrons. The number of nitrogens with zero attached hydrogens (tertiary/aromatic N) is 3. The third kappa shape index (κ3) is 4.19. The molecule has 3 aromatic rings. The first-order chi connectivity index (χ1) is 12.9. The van der Waals surface area contributed by atoms with E-state index in [2.05, 4.69) is 20.4 Å². The highest BCUT2D eigenvalue weighted by Gasteiger charge is 2.16. The minimum absolute atomic E-state index is 0.0900. The first kappa shape index (κ1) is 19.1. The molecule has 0 saturated heterocycles. The average molecular weight is 388 g/mol. The number of nitrogens with one attached hydrogen (secondary N) is 2. The number of carbonyl (C=O) groups excluding carboxylic acids is 1. The van der Waals surface area contributed by atoms with Crippen molar-refractivity contribution in [2.45, 2.75) is 46.1 Å². The average Bonchev–Trinajstić information content (AvgIpc) is 3.00. The van der Waals surface area contributed by atoms with E-state index in [1.165, 1.54) is 4.52 Å². The number of hydrogen-bond acceptors (Lipinski definition) is 4. The fraction of sp³-hybridized carbons (Fsp3) is 0.368. The molecule has 0 aliphatic heterocycles. The highest BCUT2D eigenvalue weighted by Crippen LogP contribution is 2.19. The molecule has 0 spiro atoms. The van der Waals surface area contributed by atoms with Crippen molar-refractivity contribution in [3.63, 3.8) is 0 Å². The summed E-state index contributed by atoms with van der Waals surface area (Å²) in [5.41, 5.74) is 1.91. The van der Waals surface area contributed by atoms with Crippen LogP contribution < -0.4 is 10.9 Å². The molecule has 0 saturated carbocycles. The van der Waals surface area contributed by atoms with Gasteiger partial charge in [-0.25, -0.2) is 4.98 Å². The topological polar surface area (TPSA) is 92.2 Å². The van der Waals surface area contributed by atoms with Gasteiger partial charge in [-0.3, -0.25) is 14.7 Å². The molecule has 0 aliphatic rings. The summed E-state index contributed by atoms with van der Waals surface area (Å²) >= 11 is 5.92. The number of aromatic nitrogens is 4. The Hall–Kier alpha value is -2.67. The van der Waals surface area contributed by atoms with Crippen LogP contribution in [0.4, 0.5) is 0 Å². The van der Waals surface area contributed by atoms with Crippen molar-refractivity contribution in [3.05, 3.63) is 62.3 Å². The van der Waals surface area contributed by atoms with Gasteiger partial charge in [-0.1, -0.05) is 30.7 Å². The summed E-state index contributed by atoms with van der Waals surface area (Å²) in [6.07, 6.45) is 1.29. The van der Waals surface area contributed by atoms with Crippen LogP contribution in [0.1, 0.15) is 48.5 Å². The monoisotopic (exact) mass is 387 g/mol. The van der Waals surface area contributed by atoms with Gasteiger partial charge in [0.05, 0.1) is 11.7 Å². The minimum atomic E-state index is -0.212. The second kappa shape index (κ2) is 7.92. The van der Waals surface area contributed by atoms with Crippen molar-refractivity contribution in [1.82, 2.24) is 24.9 Å². The maximum atomic E-state index is 12.6. The molecule has 1 amide bonds. The molecular weight excluding hydrogens is 366 g/mol. The Morgan fingerprint density at radius 2 is 1.96 bits per heavy atom. The Morgan fingerprint density at radius 1 is 1.26 bits per heavy atom. The van der Waals surface area contributed by atoms with Crippen LogP contribution in [0.15, 0.2) is 29.1 Å². The molecule has 3 rings (SSSR count). The first-order valence-corrected chi connectivity index (χ1v) is 9.26. The molecule has 2 aromatic heterocycles. The molecule has 8 heteroatoms. The van der Waals surface area contributed by atoms with Gasteiger partial charge >= 0.3 is 0 Å². The molecule has 0 unspecified atom stereocenters. The summed E-state index contributed by atoms with van der Waals surface area (Å²) in [6.45, 7) is 5.54. The van der Waals surface area contributed by atoms with Crippen LogP contribution in [0.3, 0.4) is 0 Å². The van der Waals surface area contributed by atoms with Crippen LogP contribution >= 0.6 is 11.6 Å². The Bertz CT molecular complexity index is 1020. The molecule has 7 nitrogen and oxygen atoms in total. The lowest BCUT2D eigenvalue weighted by atomic mass is 10.0. The van der Waals surface area contributed by atoms with E-state index >= 15 is 0 Å². The summed E-state index contributed by atoms with van der Waals surface area (Å²) < 4.78 is 1.32. The predicted octanol–water partition coefficient (Wildman–Crippen LogP) is 2.89. The molecule has 1 atom stereocenters. The van der Waals surface area contributed by atoms with Crippen molar-refractivity contribution in [2.75, 3.05) is 0 Å².